The summed E-state index contributed by atoms with van der Waals surface area (Å²) in [4.78, 5) is 18.2. The van der Waals surface area contributed by atoms with Crippen LogP contribution in [-0.4, -0.2) is 66.2 Å². The van der Waals surface area contributed by atoms with E-state index in [1.807, 2.05) is 12.3 Å². The van der Waals surface area contributed by atoms with E-state index in [9.17, 15) is 0 Å². The number of ether oxygens (including phenoxy) is 1. The molecule has 1 fully saturated rings. The molecule has 1 saturated heterocycles. The van der Waals surface area contributed by atoms with Crippen molar-refractivity contribution in [2.75, 3.05) is 56.6 Å². The molecule has 2 aliphatic rings. The van der Waals surface area contributed by atoms with Crippen molar-refractivity contribution in [2.45, 2.75) is 12.8 Å². The Bertz CT molecular complexity index is 1030. The zero-order chi connectivity index (χ0) is 21.0. The highest BCUT2D eigenvalue weighted by molar-refractivity contribution is 5.62. The van der Waals surface area contributed by atoms with Crippen molar-refractivity contribution >= 4 is 11.6 Å². The maximum Gasteiger partial charge on any atom is 0.129 e. The summed E-state index contributed by atoms with van der Waals surface area (Å²) in [5.41, 5.74) is 4.44. The number of rotatable bonds is 6. The Morgan fingerprint density at radius 2 is 1.94 bits per heavy atom. The molecule has 2 aromatic heterocycles. The number of nitrogens with zero attached hydrogens (tertiary/aromatic N) is 5. The Kier molecular flexibility index (Phi) is 5.67. The van der Waals surface area contributed by atoms with Crippen molar-refractivity contribution in [3.05, 3.63) is 60.0 Å². The monoisotopic (exact) mass is 416 g/mol. The topological polar surface area (TPSA) is 66.4 Å². The highest BCUT2D eigenvalue weighted by Crippen LogP contribution is 2.29. The number of likely N-dealkylation sites (N-methyl/N-ethyl adjacent to an activating group) is 1. The largest absolute Gasteiger partial charge is 0.493 e. The Morgan fingerprint density at radius 3 is 2.77 bits per heavy atom. The molecule has 1 N–H and O–H groups in total. The molecule has 5 rings (SSSR count). The Balaban J connectivity index is 1.22. The second-order valence-corrected chi connectivity index (χ2v) is 8.16. The van der Waals surface area contributed by atoms with Gasteiger partial charge in [-0.3, -0.25) is 0 Å². The Hall–Kier alpha value is -3.19. The number of benzene rings is 1. The Labute approximate surface area is 183 Å². The summed E-state index contributed by atoms with van der Waals surface area (Å²) >= 11 is 0. The van der Waals surface area contributed by atoms with Crippen LogP contribution in [0, 0.1) is 0 Å². The van der Waals surface area contributed by atoms with Gasteiger partial charge < -0.3 is 19.9 Å². The van der Waals surface area contributed by atoms with Crippen molar-refractivity contribution < 1.29 is 4.74 Å². The van der Waals surface area contributed by atoms with E-state index in [1.54, 1.807) is 6.33 Å². The van der Waals surface area contributed by atoms with E-state index >= 15 is 0 Å². The third-order valence-electron chi connectivity index (χ3n) is 6.03. The van der Waals surface area contributed by atoms with Gasteiger partial charge >= 0.3 is 0 Å². The summed E-state index contributed by atoms with van der Waals surface area (Å²) < 4.78 is 5.80. The highest BCUT2D eigenvalue weighted by Gasteiger charge is 2.16. The van der Waals surface area contributed by atoms with E-state index in [1.165, 1.54) is 11.1 Å². The van der Waals surface area contributed by atoms with Crippen LogP contribution >= 0.6 is 0 Å². The van der Waals surface area contributed by atoms with Gasteiger partial charge in [-0.15, -0.1) is 0 Å². The van der Waals surface area contributed by atoms with Crippen molar-refractivity contribution in [1.29, 1.82) is 0 Å². The van der Waals surface area contributed by atoms with Gasteiger partial charge in [-0.05, 0) is 36.7 Å². The molecule has 1 aromatic carbocycles. The average Bonchev–Trinajstić information content (AvgIpc) is 3.30. The molecule has 31 heavy (non-hydrogen) atoms. The molecule has 0 spiro atoms. The molecule has 4 heterocycles. The summed E-state index contributed by atoms with van der Waals surface area (Å²) in [6.07, 6.45) is 5.41. The molecule has 0 radical (unpaired) electrons. The molecule has 3 aromatic rings. The van der Waals surface area contributed by atoms with Crippen LogP contribution in [0.15, 0.2) is 48.9 Å². The molecular weight excluding hydrogens is 388 g/mol. The number of fused-ring (bicyclic) bond motifs is 1. The van der Waals surface area contributed by atoms with Crippen LogP contribution in [0.2, 0.25) is 0 Å². The molecule has 0 atom stereocenters. The lowest BCUT2D eigenvalue weighted by Crippen LogP contribution is -2.44. The van der Waals surface area contributed by atoms with Gasteiger partial charge in [-0.1, -0.05) is 18.2 Å². The fourth-order valence-corrected chi connectivity index (χ4v) is 4.18. The minimum absolute atomic E-state index is 0.788. The normalized spacial score (nSPS) is 16.1. The van der Waals surface area contributed by atoms with Crippen LogP contribution in [0.5, 0.6) is 5.75 Å². The summed E-state index contributed by atoms with van der Waals surface area (Å²) in [6.45, 7) is 5.75. The minimum atomic E-state index is 0.788. The number of hydrogen-bond donors (Lipinski definition) is 1. The molecule has 0 unspecified atom stereocenters. The first-order chi connectivity index (χ1) is 15.3. The predicted octanol–water partition coefficient (Wildman–Crippen LogP) is 2.88. The standard InChI is InChI=1S/C24H28N6O/c1-29-10-12-30(13-11-29)23-6-5-20(16-26-23)21-15-22(28-17-27-21)25-9-7-18-3-2-4-19-8-14-31-24(18)19/h2-6,15-17H,7-14H2,1H3,(H,25,27,28). The smallest absolute Gasteiger partial charge is 0.129 e. The zero-order valence-electron chi connectivity index (χ0n) is 17.9. The number of hydrogen-bond acceptors (Lipinski definition) is 7. The van der Waals surface area contributed by atoms with Crippen molar-refractivity contribution in [3.63, 3.8) is 0 Å². The van der Waals surface area contributed by atoms with Gasteiger partial charge in [0.2, 0.25) is 0 Å². The molecule has 7 nitrogen and oxygen atoms in total. The third kappa shape index (κ3) is 4.46. The average molecular weight is 417 g/mol. The minimum Gasteiger partial charge on any atom is -0.493 e. The third-order valence-corrected chi connectivity index (χ3v) is 6.03. The van der Waals surface area contributed by atoms with Crippen LogP contribution in [0.4, 0.5) is 11.6 Å². The van der Waals surface area contributed by atoms with E-state index in [4.69, 9.17) is 4.74 Å². The van der Waals surface area contributed by atoms with E-state index in [2.05, 4.69) is 67.4 Å². The molecule has 0 saturated carbocycles. The molecule has 2 aliphatic heterocycles. The first kappa shape index (κ1) is 19.8. The van der Waals surface area contributed by atoms with E-state index in [0.717, 1.165) is 80.8 Å². The van der Waals surface area contributed by atoms with Crippen molar-refractivity contribution in [2.24, 2.45) is 0 Å². The number of aromatic nitrogens is 3. The number of nitrogens with one attached hydrogen (secondary N) is 1. The second-order valence-electron chi connectivity index (χ2n) is 8.16. The van der Waals surface area contributed by atoms with Gasteiger partial charge in [0.05, 0.1) is 12.3 Å². The van der Waals surface area contributed by atoms with Crippen LogP contribution in [0.1, 0.15) is 11.1 Å². The van der Waals surface area contributed by atoms with Crippen LogP contribution in [0.25, 0.3) is 11.3 Å². The zero-order valence-corrected chi connectivity index (χ0v) is 17.9. The fourth-order valence-electron chi connectivity index (χ4n) is 4.18. The van der Waals surface area contributed by atoms with E-state index in [-0.39, 0.29) is 0 Å². The van der Waals surface area contributed by atoms with Crippen molar-refractivity contribution in [1.82, 2.24) is 19.9 Å². The SMILES string of the molecule is CN1CCN(c2ccc(-c3cc(NCCc4cccc5c4OCC5)ncn3)cn2)CC1. The molecule has 7 heteroatoms. The van der Waals surface area contributed by atoms with Gasteiger partial charge in [0.1, 0.15) is 23.7 Å². The number of anilines is 2. The number of piperazine rings is 1. The maximum absolute atomic E-state index is 5.80. The summed E-state index contributed by atoms with van der Waals surface area (Å²) in [5, 5.41) is 3.42. The van der Waals surface area contributed by atoms with Gasteiger partial charge in [0, 0.05) is 57.0 Å². The van der Waals surface area contributed by atoms with Crippen molar-refractivity contribution in [3.8, 4) is 17.0 Å². The summed E-state index contributed by atoms with van der Waals surface area (Å²) in [5.74, 6) is 2.92. The molecule has 0 amide bonds. The predicted molar refractivity (Wildman–Crippen MR) is 123 cm³/mol. The van der Waals surface area contributed by atoms with Gasteiger partial charge in [0.15, 0.2) is 0 Å². The number of pyridine rings is 1. The lowest BCUT2D eigenvalue weighted by atomic mass is 10.1. The van der Waals surface area contributed by atoms with E-state index < -0.39 is 0 Å². The molecular formula is C24H28N6O. The first-order valence-electron chi connectivity index (χ1n) is 11.0. The molecule has 0 aliphatic carbocycles. The fraction of sp³-hybridized carbons (Fsp3) is 0.375. The van der Waals surface area contributed by atoms with Gasteiger partial charge in [0.25, 0.3) is 0 Å². The second kappa shape index (κ2) is 8.89. The van der Waals surface area contributed by atoms with E-state index in [0.29, 0.717) is 0 Å². The quantitative estimate of drug-likeness (QED) is 0.663. The lowest BCUT2D eigenvalue weighted by molar-refractivity contribution is 0.312. The first-order valence-corrected chi connectivity index (χ1v) is 11.0. The summed E-state index contributed by atoms with van der Waals surface area (Å²) in [6, 6.07) is 12.6. The highest BCUT2D eigenvalue weighted by atomic mass is 16.5. The molecule has 160 valence electrons. The van der Waals surface area contributed by atoms with Crippen LogP contribution in [-0.2, 0) is 12.8 Å². The van der Waals surface area contributed by atoms with Gasteiger partial charge in [-0.2, -0.15) is 0 Å². The lowest BCUT2D eigenvalue weighted by Gasteiger charge is -2.33. The van der Waals surface area contributed by atoms with Crippen LogP contribution in [0.3, 0.4) is 0 Å². The number of para-hydroxylation sites is 1. The van der Waals surface area contributed by atoms with Gasteiger partial charge in [-0.25, -0.2) is 15.0 Å². The molecule has 0 bridgehead atoms. The maximum atomic E-state index is 5.80. The van der Waals surface area contributed by atoms with Crippen LogP contribution < -0.4 is 15.0 Å². The Morgan fingerprint density at radius 1 is 1.03 bits per heavy atom. The summed E-state index contributed by atoms with van der Waals surface area (Å²) in [7, 11) is 2.16.